The van der Waals surface area contributed by atoms with E-state index in [0.717, 1.165) is 43.0 Å². The molecule has 12 heteroatoms. The first-order valence-electron chi connectivity index (χ1n) is 10.7. The summed E-state index contributed by atoms with van der Waals surface area (Å²) in [5, 5.41) is 2.03. The maximum absolute atomic E-state index is 13.1. The molecule has 5 heterocycles. The molecule has 0 aromatic carbocycles. The fraction of sp³-hybridized carbons (Fsp3) is 0.381. The number of sulfonamides is 1. The summed E-state index contributed by atoms with van der Waals surface area (Å²) >= 11 is 7.08. The van der Waals surface area contributed by atoms with Gasteiger partial charge in [0.2, 0.25) is 0 Å². The lowest BCUT2D eigenvalue weighted by Crippen LogP contribution is -2.60. The third-order valence-corrected chi connectivity index (χ3v) is 9.53. The molecule has 1 amide bonds. The zero-order chi connectivity index (χ0) is 23.0. The number of halogens is 1. The number of hydrogen-bond donors (Lipinski definition) is 1. The lowest BCUT2D eigenvalue weighted by Gasteiger charge is -2.39. The van der Waals surface area contributed by atoms with Gasteiger partial charge >= 0.3 is 0 Å². The largest absolute Gasteiger partial charge is 0.371 e. The van der Waals surface area contributed by atoms with Crippen LogP contribution in [0.25, 0.3) is 10.2 Å². The summed E-state index contributed by atoms with van der Waals surface area (Å²) in [6.45, 7) is 2.12. The molecule has 1 N–H and O–H groups in total. The normalized spacial score (nSPS) is 18.9. The second-order valence-corrected chi connectivity index (χ2v) is 11.8. The van der Waals surface area contributed by atoms with Gasteiger partial charge in [-0.25, -0.2) is 13.8 Å². The Bertz CT molecular complexity index is 1260. The Morgan fingerprint density at radius 2 is 1.85 bits per heavy atom. The van der Waals surface area contributed by atoms with Crippen molar-refractivity contribution in [3.63, 3.8) is 0 Å². The minimum Gasteiger partial charge on any atom is -0.371 e. The molecule has 3 aromatic rings. The molecular formula is C21H23ClN6O3S2. The van der Waals surface area contributed by atoms with Crippen molar-refractivity contribution < 1.29 is 13.2 Å². The number of amides is 1. The SMILES string of the molecule is O=C1CN(S(=O)(=O)c2cc3ncc(Cl)cc3s2)CCN1NC1CCN(c2ccncc2)CC1. The van der Waals surface area contributed by atoms with Gasteiger partial charge < -0.3 is 4.90 Å². The Balaban J connectivity index is 1.19. The van der Waals surface area contributed by atoms with Crippen LogP contribution in [0.1, 0.15) is 12.8 Å². The third-order valence-electron chi connectivity index (χ3n) is 5.95. The quantitative estimate of drug-likeness (QED) is 0.567. The van der Waals surface area contributed by atoms with Crippen molar-refractivity contribution >= 4 is 54.8 Å². The first kappa shape index (κ1) is 22.5. The molecule has 0 aliphatic carbocycles. The molecule has 5 rings (SSSR count). The molecule has 2 aliphatic heterocycles. The number of fused-ring (bicyclic) bond motifs is 1. The number of rotatable bonds is 5. The number of piperazine rings is 1. The first-order chi connectivity index (χ1) is 15.9. The number of carbonyl (C=O) groups is 1. The number of hydrogen-bond acceptors (Lipinski definition) is 8. The van der Waals surface area contributed by atoms with Crippen LogP contribution in [0.2, 0.25) is 5.02 Å². The van der Waals surface area contributed by atoms with E-state index >= 15 is 0 Å². The number of pyridine rings is 2. The van der Waals surface area contributed by atoms with Crippen molar-refractivity contribution in [1.29, 1.82) is 0 Å². The van der Waals surface area contributed by atoms with Crippen LogP contribution in [0.15, 0.2) is 47.1 Å². The molecule has 0 radical (unpaired) electrons. The predicted octanol–water partition coefficient (Wildman–Crippen LogP) is 2.35. The van der Waals surface area contributed by atoms with Gasteiger partial charge in [-0.2, -0.15) is 4.31 Å². The lowest BCUT2D eigenvalue weighted by atomic mass is 10.1. The Labute approximate surface area is 201 Å². The van der Waals surface area contributed by atoms with E-state index in [1.165, 1.54) is 16.6 Å². The maximum atomic E-state index is 13.1. The molecule has 0 atom stereocenters. The molecule has 0 unspecified atom stereocenters. The van der Waals surface area contributed by atoms with Crippen molar-refractivity contribution in [2.24, 2.45) is 0 Å². The van der Waals surface area contributed by atoms with Crippen molar-refractivity contribution in [3.05, 3.63) is 47.9 Å². The number of hydrazine groups is 1. The number of nitrogens with zero attached hydrogens (tertiary/aromatic N) is 5. The van der Waals surface area contributed by atoms with Crippen LogP contribution in [0.5, 0.6) is 0 Å². The van der Waals surface area contributed by atoms with E-state index in [9.17, 15) is 13.2 Å². The fourth-order valence-corrected chi connectivity index (χ4v) is 7.30. The summed E-state index contributed by atoms with van der Waals surface area (Å²) in [5.41, 5.74) is 5.05. The summed E-state index contributed by atoms with van der Waals surface area (Å²) < 4.78 is 28.4. The first-order valence-corrected chi connectivity index (χ1v) is 13.3. The fourth-order valence-electron chi connectivity index (χ4n) is 4.16. The summed E-state index contributed by atoms with van der Waals surface area (Å²) in [6, 6.07) is 7.41. The second kappa shape index (κ2) is 9.15. The Kier molecular flexibility index (Phi) is 6.23. The van der Waals surface area contributed by atoms with Gasteiger partial charge in [0.25, 0.3) is 15.9 Å². The number of aromatic nitrogens is 2. The van der Waals surface area contributed by atoms with Crippen molar-refractivity contribution in [1.82, 2.24) is 24.7 Å². The summed E-state index contributed by atoms with van der Waals surface area (Å²) in [6.07, 6.45) is 6.85. The second-order valence-electron chi connectivity index (χ2n) is 8.08. The third kappa shape index (κ3) is 4.69. The monoisotopic (exact) mass is 506 g/mol. The molecule has 9 nitrogen and oxygen atoms in total. The van der Waals surface area contributed by atoms with E-state index in [1.54, 1.807) is 23.5 Å². The van der Waals surface area contributed by atoms with Gasteiger partial charge in [-0.1, -0.05) is 11.6 Å². The number of nitrogens with one attached hydrogen (secondary N) is 1. The number of piperidine rings is 1. The van der Waals surface area contributed by atoms with Crippen LogP contribution in [-0.2, 0) is 14.8 Å². The van der Waals surface area contributed by atoms with Crippen LogP contribution < -0.4 is 10.3 Å². The molecule has 174 valence electrons. The van der Waals surface area contributed by atoms with Gasteiger partial charge in [-0.15, -0.1) is 11.3 Å². The van der Waals surface area contributed by atoms with Gasteiger partial charge in [0.1, 0.15) is 4.21 Å². The van der Waals surface area contributed by atoms with Crippen LogP contribution >= 0.6 is 22.9 Å². The summed E-state index contributed by atoms with van der Waals surface area (Å²) in [7, 11) is -3.78. The van der Waals surface area contributed by atoms with Crippen LogP contribution in [0.3, 0.4) is 0 Å². The van der Waals surface area contributed by atoms with Gasteiger partial charge in [-0.05, 0) is 37.1 Å². The van der Waals surface area contributed by atoms with Crippen molar-refractivity contribution in [3.8, 4) is 0 Å². The van der Waals surface area contributed by atoms with Crippen LogP contribution in [0.4, 0.5) is 5.69 Å². The predicted molar refractivity (Wildman–Crippen MR) is 128 cm³/mol. The van der Waals surface area contributed by atoms with E-state index in [2.05, 4.69) is 20.3 Å². The highest BCUT2D eigenvalue weighted by atomic mass is 35.5. The zero-order valence-electron chi connectivity index (χ0n) is 17.7. The average Bonchev–Trinajstić information content (AvgIpc) is 3.25. The molecule has 0 spiro atoms. The molecule has 0 bridgehead atoms. The number of thiophene rings is 1. The van der Waals surface area contributed by atoms with Gasteiger partial charge in [0, 0.05) is 50.0 Å². The lowest BCUT2D eigenvalue weighted by molar-refractivity contribution is -0.138. The average molecular weight is 507 g/mol. The summed E-state index contributed by atoms with van der Waals surface area (Å²) in [4.78, 5) is 23.3. The van der Waals surface area contributed by atoms with Crippen molar-refractivity contribution in [2.45, 2.75) is 23.1 Å². The minimum atomic E-state index is -3.78. The van der Waals surface area contributed by atoms with E-state index < -0.39 is 10.0 Å². The van der Waals surface area contributed by atoms with Gasteiger partial charge in [0.05, 0.1) is 28.3 Å². The van der Waals surface area contributed by atoms with E-state index in [0.29, 0.717) is 21.8 Å². The van der Waals surface area contributed by atoms with E-state index in [1.807, 2.05) is 12.1 Å². The summed E-state index contributed by atoms with van der Waals surface area (Å²) in [5.74, 6) is -0.247. The topological polar surface area (TPSA) is 98.7 Å². The molecule has 2 saturated heterocycles. The molecule has 3 aromatic heterocycles. The van der Waals surface area contributed by atoms with Crippen LogP contribution in [0, 0.1) is 0 Å². The van der Waals surface area contributed by atoms with E-state index in [-0.39, 0.29) is 29.2 Å². The molecule has 2 fully saturated rings. The Morgan fingerprint density at radius 3 is 2.58 bits per heavy atom. The molecule has 33 heavy (non-hydrogen) atoms. The highest BCUT2D eigenvalue weighted by molar-refractivity contribution is 7.91. The minimum absolute atomic E-state index is 0.171. The Morgan fingerprint density at radius 1 is 1.09 bits per heavy atom. The highest BCUT2D eigenvalue weighted by Gasteiger charge is 2.35. The number of anilines is 1. The molecular weight excluding hydrogens is 484 g/mol. The molecule has 0 saturated carbocycles. The maximum Gasteiger partial charge on any atom is 0.253 e. The molecule has 2 aliphatic rings. The highest BCUT2D eigenvalue weighted by Crippen LogP contribution is 2.31. The van der Waals surface area contributed by atoms with E-state index in [4.69, 9.17) is 11.6 Å². The Hall–Kier alpha value is -2.31. The smallest absolute Gasteiger partial charge is 0.253 e. The van der Waals surface area contributed by atoms with Gasteiger partial charge in [-0.3, -0.25) is 19.8 Å². The van der Waals surface area contributed by atoms with Crippen LogP contribution in [-0.4, -0.2) is 72.4 Å². The van der Waals surface area contributed by atoms with Crippen molar-refractivity contribution in [2.75, 3.05) is 37.6 Å². The van der Waals surface area contributed by atoms with Gasteiger partial charge in [0.15, 0.2) is 0 Å². The standard InChI is InChI=1S/C21H23ClN6O3S2/c22-15-11-19-18(24-13-15)12-21(32-19)33(30,31)27-9-10-28(20(29)14-27)25-16-3-7-26(8-4-16)17-1-5-23-6-2-17/h1-2,5-6,11-13,16,25H,3-4,7-10,14H2. The number of carbonyl (C=O) groups excluding carboxylic acids is 1. The zero-order valence-corrected chi connectivity index (χ0v) is 20.1.